The fourth-order valence-corrected chi connectivity index (χ4v) is 5.46. The van der Waals surface area contributed by atoms with E-state index >= 15 is 0 Å². The molecule has 5 rings (SSSR count). The smallest absolute Gasteiger partial charge is 0.329 e. The van der Waals surface area contributed by atoms with Crippen molar-refractivity contribution in [1.82, 2.24) is 10.3 Å². The van der Waals surface area contributed by atoms with E-state index in [0.717, 1.165) is 34.4 Å². The van der Waals surface area contributed by atoms with Gasteiger partial charge >= 0.3 is 6.03 Å². The van der Waals surface area contributed by atoms with Gasteiger partial charge in [0.2, 0.25) is 0 Å². The number of hydrogen-bond donors (Lipinski definition) is 1. The molecule has 0 bridgehead atoms. The average molecular weight is 412 g/mol. The molecule has 7 heteroatoms. The number of nitrogens with one attached hydrogen (secondary N) is 1. The molecular weight excluding hydrogens is 394 g/mol. The molecule has 1 saturated heterocycles. The summed E-state index contributed by atoms with van der Waals surface area (Å²) >= 11 is 7.77. The molecule has 3 aliphatic rings. The van der Waals surface area contributed by atoms with Gasteiger partial charge in [0.05, 0.1) is 17.9 Å². The molecule has 3 amide bonds. The fourth-order valence-electron chi connectivity index (χ4n) is 3.86. The van der Waals surface area contributed by atoms with E-state index in [4.69, 9.17) is 11.6 Å². The third kappa shape index (κ3) is 2.83. The van der Waals surface area contributed by atoms with Crippen molar-refractivity contribution in [1.29, 1.82) is 0 Å². The van der Waals surface area contributed by atoms with Gasteiger partial charge in [-0.2, -0.15) is 0 Å². The standard InChI is InChI=1S/C21H18ClN3O2S/c1-11-14(12-6-7-12)9-23-10-17(11)25-20(26)19-16(24-21(25)27)8-18(28-19)13-4-2-3-5-15(13)22/h2-5,8-10,12,16,19H,6-7H2,1H3,(H,24,27). The van der Waals surface area contributed by atoms with Gasteiger partial charge in [0.1, 0.15) is 5.25 Å². The van der Waals surface area contributed by atoms with E-state index in [1.165, 1.54) is 16.7 Å². The van der Waals surface area contributed by atoms with E-state index in [2.05, 4.69) is 10.3 Å². The van der Waals surface area contributed by atoms with Gasteiger partial charge in [-0.15, -0.1) is 11.8 Å². The Balaban J connectivity index is 1.47. The van der Waals surface area contributed by atoms with Gasteiger partial charge in [-0.25, -0.2) is 9.69 Å². The SMILES string of the molecule is Cc1c(C2CC2)cncc1N1C(=O)NC2C=C(c3ccccc3Cl)SC2C1=O. The maximum atomic E-state index is 13.3. The Bertz CT molecular complexity index is 1030. The van der Waals surface area contributed by atoms with Crippen molar-refractivity contribution in [2.75, 3.05) is 4.90 Å². The van der Waals surface area contributed by atoms with Crippen LogP contribution in [0.3, 0.4) is 0 Å². The summed E-state index contributed by atoms with van der Waals surface area (Å²) in [5.74, 6) is 0.285. The van der Waals surface area contributed by atoms with Crippen LogP contribution in [0.1, 0.15) is 35.4 Å². The molecule has 2 aromatic rings. The highest BCUT2D eigenvalue weighted by Crippen LogP contribution is 2.46. The molecule has 5 nitrogen and oxygen atoms in total. The van der Waals surface area contributed by atoms with Crippen LogP contribution < -0.4 is 10.2 Å². The van der Waals surface area contributed by atoms with E-state index < -0.39 is 11.3 Å². The summed E-state index contributed by atoms with van der Waals surface area (Å²) in [5.41, 5.74) is 3.55. The number of halogens is 1. The van der Waals surface area contributed by atoms with Crippen LogP contribution in [-0.4, -0.2) is 28.2 Å². The van der Waals surface area contributed by atoms with Crippen LogP contribution in [0.4, 0.5) is 10.5 Å². The zero-order valence-electron chi connectivity index (χ0n) is 15.2. The number of hydrogen-bond acceptors (Lipinski definition) is 4. The summed E-state index contributed by atoms with van der Waals surface area (Å²) < 4.78 is 0. The molecule has 2 aliphatic heterocycles. The molecule has 2 unspecified atom stereocenters. The van der Waals surface area contributed by atoms with E-state index in [0.29, 0.717) is 16.6 Å². The zero-order valence-corrected chi connectivity index (χ0v) is 16.8. The van der Waals surface area contributed by atoms with Gasteiger partial charge in [-0.1, -0.05) is 29.8 Å². The number of imide groups is 1. The number of nitrogens with zero attached hydrogens (tertiary/aromatic N) is 2. The van der Waals surface area contributed by atoms with E-state index in [9.17, 15) is 9.59 Å². The third-order valence-corrected chi connectivity index (χ3v) is 7.18. The van der Waals surface area contributed by atoms with Crippen LogP contribution in [0.2, 0.25) is 5.02 Å². The monoisotopic (exact) mass is 411 g/mol. The lowest BCUT2D eigenvalue weighted by Crippen LogP contribution is -2.60. The average Bonchev–Trinajstić information content (AvgIpc) is 3.43. The van der Waals surface area contributed by atoms with Crippen molar-refractivity contribution in [3.8, 4) is 0 Å². The first-order chi connectivity index (χ1) is 13.5. The van der Waals surface area contributed by atoms with Crippen LogP contribution in [0.25, 0.3) is 4.91 Å². The first-order valence-electron chi connectivity index (χ1n) is 9.27. The van der Waals surface area contributed by atoms with E-state index in [1.54, 1.807) is 6.20 Å². The summed E-state index contributed by atoms with van der Waals surface area (Å²) in [6, 6.07) is 6.79. The van der Waals surface area contributed by atoms with Crippen molar-refractivity contribution >= 4 is 45.9 Å². The molecule has 1 N–H and O–H groups in total. The highest BCUT2D eigenvalue weighted by Gasteiger charge is 2.46. The molecule has 2 atom stereocenters. The number of benzene rings is 1. The molecule has 0 radical (unpaired) electrons. The Morgan fingerprint density at radius 2 is 2.00 bits per heavy atom. The minimum absolute atomic E-state index is 0.213. The van der Waals surface area contributed by atoms with E-state index in [1.807, 2.05) is 43.5 Å². The second-order valence-electron chi connectivity index (χ2n) is 7.35. The predicted octanol–water partition coefficient (Wildman–Crippen LogP) is 4.50. The number of fused-ring (bicyclic) bond motifs is 1. The molecule has 1 aromatic heterocycles. The highest BCUT2D eigenvalue weighted by atomic mass is 35.5. The minimum Gasteiger partial charge on any atom is -0.329 e. The highest BCUT2D eigenvalue weighted by molar-refractivity contribution is 8.09. The van der Waals surface area contributed by atoms with Crippen LogP contribution in [0.5, 0.6) is 0 Å². The van der Waals surface area contributed by atoms with Gasteiger partial charge in [-0.3, -0.25) is 9.78 Å². The lowest BCUT2D eigenvalue weighted by molar-refractivity contribution is -0.118. The molecule has 2 fully saturated rings. The molecular formula is C21H18ClN3O2S. The minimum atomic E-state index is -0.409. The molecule has 1 aliphatic carbocycles. The maximum Gasteiger partial charge on any atom is 0.329 e. The second kappa shape index (κ2) is 6.64. The van der Waals surface area contributed by atoms with E-state index in [-0.39, 0.29) is 11.9 Å². The molecule has 3 heterocycles. The van der Waals surface area contributed by atoms with Crippen molar-refractivity contribution in [3.05, 3.63) is 64.4 Å². The summed E-state index contributed by atoms with van der Waals surface area (Å²) in [6.07, 6.45) is 7.67. The first-order valence-corrected chi connectivity index (χ1v) is 10.5. The lowest BCUT2D eigenvalue weighted by Gasteiger charge is -2.33. The second-order valence-corrected chi connectivity index (χ2v) is 8.94. The Hall–Kier alpha value is -2.31. The lowest BCUT2D eigenvalue weighted by atomic mass is 10.0. The van der Waals surface area contributed by atoms with Gasteiger partial charge < -0.3 is 5.32 Å². The van der Waals surface area contributed by atoms with Gasteiger partial charge in [-0.05, 0) is 49.0 Å². The number of carbonyl (C=O) groups excluding carboxylic acids is 2. The quantitative estimate of drug-likeness (QED) is 0.807. The normalized spacial score (nSPS) is 24.1. The number of anilines is 1. The Morgan fingerprint density at radius 3 is 2.75 bits per heavy atom. The Labute approximate surface area is 172 Å². The summed E-state index contributed by atoms with van der Waals surface area (Å²) in [7, 11) is 0. The number of carbonyl (C=O) groups is 2. The van der Waals surface area contributed by atoms with Crippen LogP contribution in [-0.2, 0) is 4.79 Å². The maximum absolute atomic E-state index is 13.3. The number of thioether (sulfide) groups is 1. The van der Waals surface area contributed by atoms with Crippen LogP contribution in [0, 0.1) is 6.92 Å². The summed E-state index contributed by atoms with van der Waals surface area (Å²) in [5, 5.41) is 3.19. The van der Waals surface area contributed by atoms with Gasteiger partial charge in [0.25, 0.3) is 5.91 Å². The number of amides is 3. The predicted molar refractivity (Wildman–Crippen MR) is 112 cm³/mol. The topological polar surface area (TPSA) is 62.3 Å². The molecule has 142 valence electrons. The largest absolute Gasteiger partial charge is 0.329 e. The summed E-state index contributed by atoms with van der Waals surface area (Å²) in [6.45, 7) is 1.96. The third-order valence-electron chi connectivity index (χ3n) is 5.49. The number of aromatic nitrogens is 1. The number of rotatable bonds is 3. The number of pyridine rings is 1. The van der Waals surface area contributed by atoms with Crippen LogP contribution in [0.15, 0.2) is 42.7 Å². The van der Waals surface area contributed by atoms with Gasteiger partial charge in [0.15, 0.2) is 0 Å². The molecule has 0 spiro atoms. The van der Waals surface area contributed by atoms with Crippen molar-refractivity contribution in [3.63, 3.8) is 0 Å². The van der Waals surface area contributed by atoms with Crippen molar-refractivity contribution in [2.24, 2.45) is 0 Å². The Kier molecular flexibility index (Phi) is 4.21. The van der Waals surface area contributed by atoms with Crippen molar-refractivity contribution in [2.45, 2.75) is 37.0 Å². The molecule has 1 saturated carbocycles. The molecule has 1 aromatic carbocycles. The van der Waals surface area contributed by atoms with Gasteiger partial charge in [0, 0.05) is 21.7 Å². The number of urea groups is 1. The summed E-state index contributed by atoms with van der Waals surface area (Å²) in [4.78, 5) is 32.6. The Morgan fingerprint density at radius 1 is 1.21 bits per heavy atom. The zero-order chi connectivity index (χ0) is 19.4. The van der Waals surface area contributed by atoms with Crippen molar-refractivity contribution < 1.29 is 9.59 Å². The van der Waals surface area contributed by atoms with Crippen LogP contribution >= 0.6 is 23.4 Å². The fraction of sp³-hybridized carbons (Fsp3) is 0.286. The first kappa shape index (κ1) is 17.8. The molecule has 28 heavy (non-hydrogen) atoms.